The van der Waals surface area contributed by atoms with Crippen LogP contribution in [-0.4, -0.2) is 30.9 Å². The van der Waals surface area contributed by atoms with Gasteiger partial charge >= 0.3 is 0 Å². The zero-order valence-corrected chi connectivity index (χ0v) is 14.4. The summed E-state index contributed by atoms with van der Waals surface area (Å²) in [7, 11) is 2.90. The Morgan fingerprint density at radius 2 is 1.71 bits per heavy atom. The van der Waals surface area contributed by atoms with Crippen LogP contribution in [0.2, 0.25) is 10.0 Å². The maximum atomic E-state index is 12.7. The van der Waals surface area contributed by atoms with Crippen LogP contribution >= 0.6 is 23.2 Å². The third-order valence-corrected chi connectivity index (χ3v) is 4.54. The van der Waals surface area contributed by atoms with Crippen molar-refractivity contribution in [1.82, 2.24) is 4.90 Å². The summed E-state index contributed by atoms with van der Waals surface area (Å²) in [6.07, 6.45) is 0. The molecule has 1 aliphatic rings. The lowest BCUT2D eigenvalue weighted by molar-refractivity contribution is 0.0641. The lowest BCUT2D eigenvalue weighted by atomic mass is 10.1. The molecule has 124 valence electrons. The first-order valence-electron chi connectivity index (χ1n) is 7.03. The number of amides is 2. The first kappa shape index (κ1) is 16.6. The van der Waals surface area contributed by atoms with Gasteiger partial charge in [-0.15, -0.1) is 0 Å². The predicted octanol–water partition coefficient (Wildman–Crippen LogP) is 3.81. The number of carbonyl (C=O) groups excluding carboxylic acids is 2. The molecule has 0 unspecified atom stereocenters. The van der Waals surface area contributed by atoms with Crippen molar-refractivity contribution in [2.24, 2.45) is 0 Å². The van der Waals surface area contributed by atoms with Crippen molar-refractivity contribution in [1.29, 1.82) is 0 Å². The zero-order chi connectivity index (χ0) is 17.4. The topological polar surface area (TPSA) is 55.8 Å². The van der Waals surface area contributed by atoms with Crippen molar-refractivity contribution in [2.45, 2.75) is 6.54 Å². The van der Waals surface area contributed by atoms with Crippen molar-refractivity contribution < 1.29 is 19.1 Å². The fraction of sp³-hybridized carbons (Fsp3) is 0.176. The van der Waals surface area contributed by atoms with Gasteiger partial charge in [-0.25, -0.2) is 0 Å². The summed E-state index contributed by atoms with van der Waals surface area (Å²) in [6.45, 7) is 0.0920. The number of ether oxygens (including phenoxy) is 2. The van der Waals surface area contributed by atoms with Crippen molar-refractivity contribution in [2.75, 3.05) is 14.2 Å². The maximum Gasteiger partial charge on any atom is 0.265 e. The Morgan fingerprint density at radius 1 is 0.958 bits per heavy atom. The highest BCUT2D eigenvalue weighted by Crippen LogP contribution is 2.38. The molecule has 0 saturated carbocycles. The van der Waals surface area contributed by atoms with Gasteiger partial charge < -0.3 is 9.47 Å². The van der Waals surface area contributed by atoms with Crippen LogP contribution in [0.1, 0.15) is 26.3 Å². The molecule has 2 aromatic rings. The summed E-state index contributed by atoms with van der Waals surface area (Å²) in [4.78, 5) is 26.4. The molecule has 1 heterocycles. The molecule has 24 heavy (non-hydrogen) atoms. The Bertz CT molecular complexity index is 851. The number of halogens is 2. The van der Waals surface area contributed by atoms with Crippen LogP contribution in [0.4, 0.5) is 0 Å². The van der Waals surface area contributed by atoms with Gasteiger partial charge in [0.15, 0.2) is 11.5 Å². The number of nitrogens with zero attached hydrogens (tertiary/aromatic N) is 1. The number of fused-ring (bicyclic) bond motifs is 1. The number of methoxy groups -OCH3 is 2. The van der Waals surface area contributed by atoms with E-state index in [9.17, 15) is 9.59 Å². The van der Waals surface area contributed by atoms with Crippen LogP contribution in [0.25, 0.3) is 0 Å². The number of hydrogen-bond acceptors (Lipinski definition) is 4. The van der Waals surface area contributed by atoms with Gasteiger partial charge in [0.1, 0.15) is 0 Å². The van der Waals surface area contributed by atoms with E-state index in [0.29, 0.717) is 21.4 Å². The van der Waals surface area contributed by atoms with E-state index in [0.717, 1.165) is 4.90 Å². The molecule has 2 aromatic carbocycles. The molecule has 5 nitrogen and oxygen atoms in total. The zero-order valence-electron chi connectivity index (χ0n) is 12.9. The SMILES string of the molecule is COc1ccc2c(c1OC)C(=O)N(Cc1ccc(Cl)c(Cl)c1)C2=O. The monoisotopic (exact) mass is 365 g/mol. The van der Waals surface area contributed by atoms with E-state index in [1.807, 2.05) is 0 Å². The van der Waals surface area contributed by atoms with Gasteiger partial charge in [0.05, 0.1) is 41.9 Å². The van der Waals surface area contributed by atoms with Crippen LogP contribution in [0, 0.1) is 0 Å². The molecule has 0 saturated heterocycles. The van der Waals surface area contributed by atoms with E-state index < -0.39 is 5.91 Å². The molecule has 0 aromatic heterocycles. The Morgan fingerprint density at radius 3 is 2.33 bits per heavy atom. The smallest absolute Gasteiger partial charge is 0.265 e. The highest BCUT2D eigenvalue weighted by Gasteiger charge is 2.39. The quantitative estimate of drug-likeness (QED) is 0.773. The molecule has 7 heteroatoms. The molecular formula is C17H13Cl2NO4. The van der Waals surface area contributed by atoms with E-state index in [1.165, 1.54) is 14.2 Å². The molecule has 1 aliphatic heterocycles. The summed E-state index contributed by atoms with van der Waals surface area (Å²) in [5.74, 6) is -0.169. The van der Waals surface area contributed by atoms with Crippen molar-refractivity contribution in [3.05, 3.63) is 57.1 Å². The molecule has 0 aliphatic carbocycles. The van der Waals surface area contributed by atoms with Gasteiger partial charge in [0.2, 0.25) is 0 Å². The highest BCUT2D eigenvalue weighted by atomic mass is 35.5. The lowest BCUT2D eigenvalue weighted by Crippen LogP contribution is -2.29. The van der Waals surface area contributed by atoms with Gasteiger partial charge in [-0.3, -0.25) is 14.5 Å². The van der Waals surface area contributed by atoms with Crippen molar-refractivity contribution >= 4 is 35.0 Å². The largest absolute Gasteiger partial charge is 0.493 e. The van der Waals surface area contributed by atoms with E-state index in [1.54, 1.807) is 30.3 Å². The molecule has 2 amide bonds. The molecule has 0 bridgehead atoms. The average molecular weight is 366 g/mol. The van der Waals surface area contributed by atoms with Crippen molar-refractivity contribution in [3.8, 4) is 11.5 Å². The van der Waals surface area contributed by atoms with Gasteiger partial charge in [0, 0.05) is 0 Å². The van der Waals surface area contributed by atoms with Gasteiger partial charge in [-0.05, 0) is 29.8 Å². The fourth-order valence-corrected chi connectivity index (χ4v) is 2.97. The molecule has 0 fully saturated rings. The summed E-state index contributed by atoms with van der Waals surface area (Å²) >= 11 is 11.9. The average Bonchev–Trinajstić information content (AvgIpc) is 2.82. The summed E-state index contributed by atoms with van der Waals surface area (Å²) in [5.41, 5.74) is 1.20. The third kappa shape index (κ3) is 2.60. The first-order valence-corrected chi connectivity index (χ1v) is 7.78. The van der Waals surface area contributed by atoms with Gasteiger partial charge in [-0.1, -0.05) is 29.3 Å². The Hall–Kier alpha value is -2.24. The van der Waals surface area contributed by atoms with E-state index >= 15 is 0 Å². The van der Waals surface area contributed by atoms with Gasteiger partial charge in [0.25, 0.3) is 11.8 Å². The van der Waals surface area contributed by atoms with Crippen LogP contribution in [0.3, 0.4) is 0 Å². The molecule has 3 rings (SSSR count). The Labute approximate surface area is 148 Å². The van der Waals surface area contributed by atoms with E-state index in [4.69, 9.17) is 32.7 Å². The molecular weight excluding hydrogens is 353 g/mol. The van der Waals surface area contributed by atoms with Crippen molar-refractivity contribution in [3.63, 3.8) is 0 Å². The normalized spacial score (nSPS) is 13.2. The molecule has 0 atom stereocenters. The number of hydrogen-bond donors (Lipinski definition) is 0. The minimum Gasteiger partial charge on any atom is -0.493 e. The number of imide groups is 1. The fourth-order valence-electron chi connectivity index (χ4n) is 2.65. The van der Waals surface area contributed by atoms with E-state index in [2.05, 4.69) is 0 Å². The molecule has 0 radical (unpaired) electrons. The number of carbonyl (C=O) groups is 2. The van der Waals surface area contributed by atoms with Crippen LogP contribution in [-0.2, 0) is 6.54 Å². The van der Waals surface area contributed by atoms with Crippen LogP contribution in [0.5, 0.6) is 11.5 Å². The highest BCUT2D eigenvalue weighted by molar-refractivity contribution is 6.42. The first-order chi connectivity index (χ1) is 11.5. The maximum absolute atomic E-state index is 12.7. The summed E-state index contributed by atoms with van der Waals surface area (Å²) < 4.78 is 10.5. The van der Waals surface area contributed by atoms with E-state index in [-0.39, 0.29) is 29.3 Å². The Kier molecular flexibility index (Phi) is 4.39. The molecule has 0 N–H and O–H groups in total. The third-order valence-electron chi connectivity index (χ3n) is 3.80. The second-order valence-electron chi connectivity index (χ2n) is 5.17. The van der Waals surface area contributed by atoms with Crippen LogP contribution in [0.15, 0.2) is 30.3 Å². The minimum absolute atomic E-state index is 0.0920. The van der Waals surface area contributed by atoms with Crippen LogP contribution < -0.4 is 9.47 Å². The molecule has 0 spiro atoms. The second-order valence-corrected chi connectivity index (χ2v) is 5.98. The minimum atomic E-state index is -0.433. The Balaban J connectivity index is 1.99. The second kappa shape index (κ2) is 6.34. The predicted molar refractivity (Wildman–Crippen MR) is 90.2 cm³/mol. The lowest BCUT2D eigenvalue weighted by Gasteiger charge is -2.14. The van der Waals surface area contributed by atoms with Gasteiger partial charge in [-0.2, -0.15) is 0 Å². The standard InChI is InChI=1S/C17H13Cl2NO4/c1-23-13-6-4-10-14(15(13)24-2)17(22)20(16(10)21)8-9-3-5-11(18)12(19)7-9/h3-7H,8H2,1-2H3. The number of rotatable bonds is 4. The summed E-state index contributed by atoms with van der Waals surface area (Å²) in [6, 6.07) is 8.14. The number of benzene rings is 2. The summed E-state index contributed by atoms with van der Waals surface area (Å²) in [5, 5.41) is 0.777.